The van der Waals surface area contributed by atoms with Crippen LogP contribution in [-0.2, 0) is 16.0 Å². The van der Waals surface area contributed by atoms with Crippen LogP contribution in [0.15, 0.2) is 48.8 Å². The molecule has 0 aliphatic rings. The Balaban J connectivity index is 2.04. The van der Waals surface area contributed by atoms with Crippen LogP contribution in [0.1, 0.15) is 11.6 Å². The van der Waals surface area contributed by atoms with E-state index in [4.69, 9.17) is 4.74 Å². The zero-order valence-electron chi connectivity index (χ0n) is 12.0. The van der Waals surface area contributed by atoms with Crippen LogP contribution in [0.25, 0.3) is 0 Å². The van der Waals surface area contributed by atoms with Crippen molar-refractivity contribution < 1.29 is 13.9 Å². The molecule has 2 aromatic rings. The molecule has 0 bridgehead atoms. The number of rotatable bonds is 7. The molecule has 1 heterocycles. The second-order valence-corrected chi connectivity index (χ2v) is 4.86. The standard InChI is InChI=1S/C16H19FN2O2/c1-21-12-16(20)18-11-15(19-7-2-3-8-19)10-13-5-4-6-14(17)9-13/h2-9,15H,10-12H2,1H3,(H,18,20)/t15-/m0/s1. The summed E-state index contributed by atoms with van der Waals surface area (Å²) in [6.07, 6.45) is 4.51. The van der Waals surface area contributed by atoms with Gasteiger partial charge in [-0.3, -0.25) is 4.79 Å². The fraction of sp³-hybridized carbons (Fsp3) is 0.312. The molecule has 4 nitrogen and oxygen atoms in total. The molecule has 5 heteroatoms. The van der Waals surface area contributed by atoms with Crippen molar-refractivity contribution in [3.8, 4) is 0 Å². The molecule has 1 amide bonds. The lowest BCUT2D eigenvalue weighted by atomic mass is 10.1. The van der Waals surface area contributed by atoms with Crippen LogP contribution >= 0.6 is 0 Å². The number of halogens is 1. The molecule has 0 spiro atoms. The van der Waals surface area contributed by atoms with E-state index in [2.05, 4.69) is 5.32 Å². The number of methoxy groups -OCH3 is 1. The van der Waals surface area contributed by atoms with Gasteiger partial charge in [0.05, 0.1) is 6.04 Å². The predicted octanol–water partition coefficient (Wildman–Crippen LogP) is 2.17. The number of amides is 1. The second-order valence-electron chi connectivity index (χ2n) is 4.86. The van der Waals surface area contributed by atoms with Crippen molar-refractivity contribution in [2.24, 2.45) is 0 Å². The number of ether oxygens (including phenoxy) is 1. The van der Waals surface area contributed by atoms with Crippen LogP contribution in [0.5, 0.6) is 0 Å². The van der Waals surface area contributed by atoms with Gasteiger partial charge in [-0.25, -0.2) is 4.39 Å². The van der Waals surface area contributed by atoms with Crippen molar-refractivity contribution in [2.75, 3.05) is 20.3 Å². The number of carbonyl (C=O) groups is 1. The van der Waals surface area contributed by atoms with Gasteiger partial charge >= 0.3 is 0 Å². The van der Waals surface area contributed by atoms with Gasteiger partial charge < -0.3 is 14.6 Å². The average molecular weight is 290 g/mol. The zero-order chi connectivity index (χ0) is 15.1. The third kappa shape index (κ3) is 4.72. The first kappa shape index (κ1) is 15.3. The fourth-order valence-corrected chi connectivity index (χ4v) is 2.22. The number of nitrogens with one attached hydrogen (secondary N) is 1. The molecule has 0 unspecified atom stereocenters. The minimum atomic E-state index is -0.248. The van der Waals surface area contributed by atoms with E-state index in [9.17, 15) is 9.18 Å². The summed E-state index contributed by atoms with van der Waals surface area (Å²) in [6.45, 7) is 0.506. The molecule has 0 aliphatic carbocycles. The van der Waals surface area contributed by atoms with Crippen molar-refractivity contribution in [3.05, 3.63) is 60.2 Å². The number of hydrogen-bond acceptors (Lipinski definition) is 2. The highest BCUT2D eigenvalue weighted by Crippen LogP contribution is 2.15. The quantitative estimate of drug-likeness (QED) is 0.849. The summed E-state index contributed by atoms with van der Waals surface area (Å²) >= 11 is 0. The monoisotopic (exact) mass is 290 g/mol. The maximum absolute atomic E-state index is 13.3. The van der Waals surface area contributed by atoms with Gasteiger partial charge in [0.2, 0.25) is 5.91 Å². The first-order chi connectivity index (χ1) is 10.2. The predicted molar refractivity (Wildman–Crippen MR) is 78.5 cm³/mol. The molecule has 112 valence electrons. The van der Waals surface area contributed by atoms with Crippen LogP contribution < -0.4 is 5.32 Å². The minimum absolute atomic E-state index is 0.0302. The first-order valence-corrected chi connectivity index (χ1v) is 6.81. The summed E-state index contributed by atoms with van der Waals surface area (Å²) < 4.78 is 20.1. The summed E-state index contributed by atoms with van der Waals surface area (Å²) in [5.74, 6) is -0.406. The van der Waals surface area contributed by atoms with Gasteiger partial charge in [-0.15, -0.1) is 0 Å². The third-order valence-electron chi connectivity index (χ3n) is 3.22. The topological polar surface area (TPSA) is 43.3 Å². The minimum Gasteiger partial charge on any atom is -0.375 e. The Kier molecular flexibility index (Phi) is 5.51. The lowest BCUT2D eigenvalue weighted by Gasteiger charge is -2.20. The van der Waals surface area contributed by atoms with Crippen molar-refractivity contribution in [1.29, 1.82) is 0 Å². The average Bonchev–Trinajstić information content (AvgIpc) is 2.98. The first-order valence-electron chi connectivity index (χ1n) is 6.81. The molecular formula is C16H19FN2O2. The number of carbonyl (C=O) groups excluding carboxylic acids is 1. The molecule has 0 aliphatic heterocycles. The van der Waals surface area contributed by atoms with E-state index in [1.165, 1.54) is 19.2 Å². The molecule has 1 N–H and O–H groups in total. The van der Waals surface area contributed by atoms with Crippen LogP contribution in [0.4, 0.5) is 4.39 Å². The number of hydrogen-bond donors (Lipinski definition) is 1. The summed E-state index contributed by atoms with van der Waals surface area (Å²) in [6, 6.07) is 10.4. The normalized spacial score (nSPS) is 12.1. The molecule has 2 rings (SSSR count). The fourth-order valence-electron chi connectivity index (χ4n) is 2.22. The van der Waals surface area contributed by atoms with E-state index in [0.717, 1.165) is 5.56 Å². The van der Waals surface area contributed by atoms with E-state index in [1.807, 2.05) is 35.2 Å². The lowest BCUT2D eigenvalue weighted by molar-refractivity contribution is -0.124. The summed E-state index contributed by atoms with van der Waals surface area (Å²) in [5.41, 5.74) is 0.898. The number of nitrogens with zero attached hydrogens (tertiary/aromatic N) is 1. The van der Waals surface area contributed by atoms with Crippen molar-refractivity contribution in [1.82, 2.24) is 9.88 Å². The summed E-state index contributed by atoms with van der Waals surface area (Å²) in [4.78, 5) is 11.5. The van der Waals surface area contributed by atoms with E-state index < -0.39 is 0 Å². The molecule has 0 radical (unpaired) electrons. The molecule has 0 saturated carbocycles. The zero-order valence-corrected chi connectivity index (χ0v) is 12.0. The van der Waals surface area contributed by atoms with Gasteiger partial charge in [0.1, 0.15) is 12.4 Å². The highest BCUT2D eigenvalue weighted by molar-refractivity contribution is 5.77. The largest absolute Gasteiger partial charge is 0.375 e. The summed E-state index contributed by atoms with van der Waals surface area (Å²) in [7, 11) is 1.48. The van der Waals surface area contributed by atoms with Crippen LogP contribution in [0, 0.1) is 5.82 Å². The molecule has 21 heavy (non-hydrogen) atoms. The maximum atomic E-state index is 13.3. The Morgan fingerprint density at radius 3 is 2.76 bits per heavy atom. The molecule has 1 aromatic heterocycles. The van der Waals surface area contributed by atoms with Gasteiger partial charge in [-0.1, -0.05) is 12.1 Å². The summed E-state index contributed by atoms with van der Waals surface area (Å²) in [5, 5.41) is 2.83. The van der Waals surface area contributed by atoms with Gasteiger partial charge in [-0.2, -0.15) is 0 Å². The second kappa shape index (κ2) is 7.59. The molecular weight excluding hydrogens is 271 g/mol. The highest BCUT2D eigenvalue weighted by Gasteiger charge is 2.13. The van der Waals surface area contributed by atoms with E-state index in [-0.39, 0.29) is 24.4 Å². The van der Waals surface area contributed by atoms with E-state index in [1.54, 1.807) is 6.07 Å². The van der Waals surface area contributed by atoms with Crippen LogP contribution in [-0.4, -0.2) is 30.7 Å². The Morgan fingerprint density at radius 1 is 1.33 bits per heavy atom. The van der Waals surface area contributed by atoms with Crippen molar-refractivity contribution in [3.63, 3.8) is 0 Å². The van der Waals surface area contributed by atoms with E-state index in [0.29, 0.717) is 13.0 Å². The van der Waals surface area contributed by atoms with Gasteiger partial charge in [0.25, 0.3) is 0 Å². The number of benzene rings is 1. The third-order valence-corrected chi connectivity index (χ3v) is 3.22. The van der Waals surface area contributed by atoms with Gasteiger partial charge in [-0.05, 0) is 36.2 Å². The van der Waals surface area contributed by atoms with Crippen LogP contribution in [0.2, 0.25) is 0 Å². The Morgan fingerprint density at radius 2 is 2.10 bits per heavy atom. The SMILES string of the molecule is COCC(=O)NC[C@H](Cc1cccc(F)c1)n1cccc1. The smallest absolute Gasteiger partial charge is 0.246 e. The Bertz CT molecular complexity index is 569. The lowest BCUT2D eigenvalue weighted by Crippen LogP contribution is -2.33. The number of aromatic nitrogens is 1. The van der Waals surface area contributed by atoms with Gasteiger partial charge in [0.15, 0.2) is 0 Å². The molecule has 0 fully saturated rings. The van der Waals surface area contributed by atoms with Crippen molar-refractivity contribution in [2.45, 2.75) is 12.5 Å². The Labute approximate surface area is 123 Å². The van der Waals surface area contributed by atoms with Crippen molar-refractivity contribution >= 4 is 5.91 Å². The Hall–Kier alpha value is -2.14. The van der Waals surface area contributed by atoms with E-state index >= 15 is 0 Å². The maximum Gasteiger partial charge on any atom is 0.246 e. The van der Waals surface area contributed by atoms with Gasteiger partial charge in [0, 0.05) is 26.0 Å². The molecule has 0 saturated heterocycles. The van der Waals surface area contributed by atoms with Crippen LogP contribution in [0.3, 0.4) is 0 Å². The molecule has 1 aromatic carbocycles. The highest BCUT2D eigenvalue weighted by atomic mass is 19.1. The molecule has 1 atom stereocenters.